The van der Waals surface area contributed by atoms with Crippen LogP contribution in [0.25, 0.3) is 10.9 Å². The number of H-pyrrole nitrogens is 2. The van der Waals surface area contributed by atoms with Crippen LogP contribution in [-0.2, 0) is 32.0 Å². The van der Waals surface area contributed by atoms with Crippen LogP contribution in [0.15, 0.2) is 43.0 Å². The van der Waals surface area contributed by atoms with Gasteiger partial charge in [0, 0.05) is 41.8 Å². The fraction of sp³-hybridized carbons (Fsp3) is 0.318. The zero-order valence-electron chi connectivity index (χ0n) is 18.7. The summed E-state index contributed by atoms with van der Waals surface area (Å²) in [6, 6.07) is 3.44. The van der Waals surface area contributed by atoms with Gasteiger partial charge in [-0.25, -0.2) is 9.78 Å². The molecule has 3 amide bonds. The molecule has 0 aliphatic rings. The minimum atomic E-state index is -1.45. The number of aliphatic hydroxyl groups is 1. The number of nitrogens with zero attached hydrogens (tertiary/aromatic N) is 1. The number of rotatable bonds is 12. The predicted molar refractivity (Wildman–Crippen MR) is 124 cm³/mol. The predicted octanol–water partition coefficient (Wildman–Crippen LogP) is -1.83. The fourth-order valence-electron chi connectivity index (χ4n) is 3.54. The summed E-state index contributed by atoms with van der Waals surface area (Å²) in [4.78, 5) is 58.9. The minimum Gasteiger partial charge on any atom is -0.480 e. The molecule has 3 unspecified atom stereocenters. The summed E-state index contributed by atoms with van der Waals surface area (Å²) in [7, 11) is 0. The molecule has 35 heavy (non-hydrogen) atoms. The van der Waals surface area contributed by atoms with Gasteiger partial charge in [-0.2, -0.15) is 0 Å². The van der Waals surface area contributed by atoms with Gasteiger partial charge in [0.1, 0.15) is 18.1 Å². The van der Waals surface area contributed by atoms with Crippen molar-refractivity contribution in [1.82, 2.24) is 30.9 Å². The van der Waals surface area contributed by atoms with Crippen molar-refractivity contribution >= 4 is 34.6 Å². The molecule has 0 saturated heterocycles. The van der Waals surface area contributed by atoms with Crippen molar-refractivity contribution in [3.05, 3.63) is 54.2 Å². The van der Waals surface area contributed by atoms with E-state index in [-0.39, 0.29) is 19.4 Å². The van der Waals surface area contributed by atoms with Crippen molar-refractivity contribution < 1.29 is 29.4 Å². The van der Waals surface area contributed by atoms with Crippen LogP contribution >= 0.6 is 0 Å². The molecule has 2 heterocycles. The van der Waals surface area contributed by atoms with Crippen LogP contribution in [0.4, 0.5) is 0 Å². The highest BCUT2D eigenvalue weighted by Crippen LogP contribution is 2.19. The van der Waals surface area contributed by atoms with E-state index in [4.69, 9.17) is 5.73 Å². The number of carbonyl (C=O) groups is 4. The third-order valence-corrected chi connectivity index (χ3v) is 5.35. The molecule has 9 N–H and O–H groups in total. The molecule has 0 radical (unpaired) electrons. The van der Waals surface area contributed by atoms with Crippen molar-refractivity contribution in [2.24, 2.45) is 5.73 Å². The zero-order valence-corrected chi connectivity index (χ0v) is 18.7. The highest BCUT2D eigenvalue weighted by Gasteiger charge is 2.30. The first-order valence-electron chi connectivity index (χ1n) is 10.8. The quantitative estimate of drug-likeness (QED) is 0.146. The molecule has 0 fully saturated rings. The van der Waals surface area contributed by atoms with Gasteiger partial charge in [-0.05, 0) is 11.6 Å². The van der Waals surface area contributed by atoms with E-state index < -0.39 is 48.4 Å². The molecule has 186 valence electrons. The van der Waals surface area contributed by atoms with E-state index in [1.807, 2.05) is 24.3 Å². The van der Waals surface area contributed by atoms with Gasteiger partial charge in [0.15, 0.2) is 0 Å². The van der Waals surface area contributed by atoms with E-state index in [1.54, 1.807) is 6.20 Å². The molecule has 0 aliphatic carbocycles. The number of carboxylic acids is 1. The Kier molecular flexibility index (Phi) is 8.53. The van der Waals surface area contributed by atoms with Crippen LogP contribution < -0.4 is 21.7 Å². The summed E-state index contributed by atoms with van der Waals surface area (Å²) in [5.74, 6) is -3.53. The number of aromatic amines is 2. The Morgan fingerprint density at radius 1 is 0.971 bits per heavy atom. The number of aliphatic carboxylic acids is 1. The van der Waals surface area contributed by atoms with Gasteiger partial charge in [0.25, 0.3) is 0 Å². The van der Waals surface area contributed by atoms with Gasteiger partial charge in [0.05, 0.1) is 19.5 Å². The highest BCUT2D eigenvalue weighted by atomic mass is 16.4. The summed E-state index contributed by atoms with van der Waals surface area (Å²) in [6.45, 7) is -1.15. The number of fused-ring (bicyclic) bond motifs is 1. The number of imidazole rings is 1. The number of benzene rings is 1. The first-order valence-corrected chi connectivity index (χ1v) is 10.8. The second-order valence-electron chi connectivity index (χ2n) is 7.81. The van der Waals surface area contributed by atoms with Crippen LogP contribution in [0.2, 0.25) is 0 Å². The molecule has 0 bridgehead atoms. The van der Waals surface area contributed by atoms with Gasteiger partial charge < -0.3 is 41.9 Å². The van der Waals surface area contributed by atoms with E-state index in [0.29, 0.717) is 11.3 Å². The Bertz CT molecular complexity index is 1180. The second kappa shape index (κ2) is 11.8. The van der Waals surface area contributed by atoms with Crippen molar-refractivity contribution in [3.8, 4) is 0 Å². The summed E-state index contributed by atoms with van der Waals surface area (Å²) >= 11 is 0. The third-order valence-electron chi connectivity index (χ3n) is 5.35. The normalized spacial score (nSPS) is 13.5. The molecule has 3 rings (SSSR count). The molecule has 13 nitrogen and oxygen atoms in total. The number of carbonyl (C=O) groups excluding carboxylic acids is 3. The zero-order chi connectivity index (χ0) is 25.4. The van der Waals surface area contributed by atoms with E-state index in [9.17, 15) is 29.4 Å². The van der Waals surface area contributed by atoms with E-state index in [0.717, 1.165) is 10.9 Å². The molecule has 3 atom stereocenters. The van der Waals surface area contributed by atoms with E-state index in [2.05, 4.69) is 30.9 Å². The molecule has 2 aromatic heterocycles. The van der Waals surface area contributed by atoms with Crippen LogP contribution in [-0.4, -0.2) is 80.1 Å². The van der Waals surface area contributed by atoms with E-state index in [1.165, 1.54) is 12.5 Å². The maximum absolute atomic E-state index is 12.8. The van der Waals surface area contributed by atoms with Crippen LogP contribution in [0.5, 0.6) is 0 Å². The van der Waals surface area contributed by atoms with Gasteiger partial charge in [0.2, 0.25) is 17.7 Å². The molecule has 0 spiro atoms. The van der Waals surface area contributed by atoms with Crippen molar-refractivity contribution in [2.45, 2.75) is 31.0 Å². The minimum absolute atomic E-state index is 0.0216. The number of para-hydroxylation sites is 1. The lowest BCUT2D eigenvalue weighted by atomic mass is 10.0. The Balaban J connectivity index is 1.68. The smallest absolute Gasteiger partial charge is 0.326 e. The lowest BCUT2D eigenvalue weighted by Gasteiger charge is -2.23. The maximum atomic E-state index is 12.8. The topological polar surface area (TPSA) is 215 Å². The SMILES string of the molecule is NCC(=O)NC(Cc1cnc[nH]1)C(=O)NC(CO)C(=O)NC(Cc1c[nH]c2ccccc12)C(=O)O. The fourth-order valence-corrected chi connectivity index (χ4v) is 3.54. The van der Waals surface area contributed by atoms with Crippen molar-refractivity contribution in [3.63, 3.8) is 0 Å². The lowest BCUT2D eigenvalue weighted by Crippen LogP contribution is -2.58. The van der Waals surface area contributed by atoms with Gasteiger partial charge in [-0.1, -0.05) is 18.2 Å². The first kappa shape index (κ1) is 25.4. The number of aliphatic hydroxyl groups excluding tert-OH is 1. The number of nitrogens with two attached hydrogens (primary N) is 1. The van der Waals surface area contributed by atoms with Crippen molar-refractivity contribution in [1.29, 1.82) is 0 Å². The monoisotopic (exact) mass is 485 g/mol. The van der Waals surface area contributed by atoms with Crippen LogP contribution in [0, 0.1) is 0 Å². The molecule has 13 heteroatoms. The average Bonchev–Trinajstić information content (AvgIpc) is 3.51. The number of nitrogens with one attached hydrogen (secondary N) is 5. The number of amides is 3. The number of aromatic nitrogens is 3. The summed E-state index contributed by atoms with van der Waals surface area (Å²) in [5, 5.41) is 27.3. The molecule has 3 aromatic rings. The summed E-state index contributed by atoms with van der Waals surface area (Å²) in [6.07, 6.45) is 4.53. The largest absolute Gasteiger partial charge is 0.480 e. The molecule has 0 aliphatic heterocycles. The lowest BCUT2D eigenvalue weighted by molar-refractivity contribution is -0.142. The van der Waals surface area contributed by atoms with Crippen LogP contribution in [0.3, 0.4) is 0 Å². The second-order valence-corrected chi connectivity index (χ2v) is 7.81. The first-order chi connectivity index (χ1) is 16.8. The molecule has 1 aromatic carbocycles. The molecular formula is C22H27N7O6. The Hall–Kier alpha value is -4.23. The van der Waals surface area contributed by atoms with Gasteiger partial charge in [-0.3, -0.25) is 14.4 Å². The molecule has 0 saturated carbocycles. The average molecular weight is 486 g/mol. The highest BCUT2D eigenvalue weighted by molar-refractivity contribution is 5.94. The van der Waals surface area contributed by atoms with Gasteiger partial charge >= 0.3 is 5.97 Å². The maximum Gasteiger partial charge on any atom is 0.326 e. The Morgan fingerprint density at radius 2 is 1.69 bits per heavy atom. The Morgan fingerprint density at radius 3 is 2.34 bits per heavy atom. The van der Waals surface area contributed by atoms with Crippen LogP contribution in [0.1, 0.15) is 11.3 Å². The Labute approximate surface area is 199 Å². The standard InChI is InChI=1S/C22H27N7O6/c23-7-19(31)27-16(6-13-9-24-11-26-13)20(32)29-18(10-30)21(33)28-17(22(34)35)5-12-8-25-15-4-2-1-3-14(12)15/h1-4,8-9,11,16-18,25,30H,5-7,10,23H2,(H,24,26)(H,27,31)(H,28,33)(H,29,32)(H,34,35). The summed E-state index contributed by atoms with van der Waals surface area (Å²) in [5.41, 5.74) is 7.36. The van der Waals surface area contributed by atoms with E-state index >= 15 is 0 Å². The van der Waals surface area contributed by atoms with Crippen molar-refractivity contribution in [2.75, 3.05) is 13.2 Å². The summed E-state index contributed by atoms with van der Waals surface area (Å²) < 4.78 is 0. The number of carboxylic acid groups (broad SMARTS) is 1. The number of hydrogen-bond donors (Lipinski definition) is 8. The molecular weight excluding hydrogens is 458 g/mol. The number of hydrogen-bond acceptors (Lipinski definition) is 7. The third kappa shape index (κ3) is 6.65. The van der Waals surface area contributed by atoms with Gasteiger partial charge in [-0.15, -0.1) is 0 Å².